The van der Waals surface area contributed by atoms with E-state index in [0.29, 0.717) is 18.4 Å². The minimum Gasteiger partial charge on any atom is -0.352 e. The largest absolute Gasteiger partial charge is 0.352 e. The number of fused-ring (bicyclic) bond motifs is 2. The molecule has 3 fully saturated rings. The summed E-state index contributed by atoms with van der Waals surface area (Å²) in [7, 11) is 0. The summed E-state index contributed by atoms with van der Waals surface area (Å²) in [6.07, 6.45) is 6.23. The Morgan fingerprint density at radius 2 is 1.88 bits per heavy atom. The number of nitrogens with one attached hydrogen (secondary N) is 1. The first-order valence-corrected chi connectivity index (χ1v) is 10.4. The zero-order valence-corrected chi connectivity index (χ0v) is 16.0. The maximum atomic E-state index is 12.6. The molecule has 1 aliphatic heterocycles. The molecule has 26 heavy (non-hydrogen) atoms. The lowest BCUT2D eigenvalue weighted by Crippen LogP contribution is -2.45. The molecule has 2 aliphatic carbocycles. The van der Waals surface area contributed by atoms with Crippen LogP contribution in [0.25, 0.3) is 0 Å². The van der Waals surface area contributed by atoms with Crippen molar-refractivity contribution in [1.82, 2.24) is 10.2 Å². The first-order chi connectivity index (χ1) is 12.6. The molecule has 1 amide bonds. The molecule has 1 saturated heterocycles. The van der Waals surface area contributed by atoms with Gasteiger partial charge in [-0.05, 0) is 67.5 Å². The van der Waals surface area contributed by atoms with E-state index < -0.39 is 0 Å². The lowest BCUT2D eigenvalue weighted by molar-refractivity contribution is -0.127. The second-order valence-corrected chi connectivity index (χ2v) is 8.95. The average molecular weight is 356 g/mol. The number of hydrogen-bond acceptors (Lipinski definition) is 3. The van der Waals surface area contributed by atoms with Crippen LogP contribution in [0.15, 0.2) is 24.3 Å². The Balaban J connectivity index is 1.27. The average Bonchev–Trinajstić information content (AvgIpc) is 3.22. The number of rotatable bonds is 5. The SMILES string of the molecule is CC1CCCN(Cc2ccc(CNC(=O)C3C4CCC(C4)C3N)cc2)C1. The molecule has 4 nitrogen and oxygen atoms in total. The van der Waals surface area contributed by atoms with Crippen LogP contribution < -0.4 is 11.1 Å². The minimum absolute atomic E-state index is 0.0362. The van der Waals surface area contributed by atoms with Gasteiger partial charge in [0.05, 0.1) is 5.92 Å². The highest BCUT2D eigenvalue weighted by Crippen LogP contribution is 2.47. The molecule has 1 aromatic carbocycles. The number of carbonyl (C=O) groups excluding carboxylic acids is 1. The van der Waals surface area contributed by atoms with Crippen LogP contribution >= 0.6 is 0 Å². The fourth-order valence-electron chi connectivity index (χ4n) is 5.48. The van der Waals surface area contributed by atoms with Crippen LogP contribution in [0.2, 0.25) is 0 Å². The fourth-order valence-corrected chi connectivity index (χ4v) is 5.48. The molecular formula is C22H33N3O. The number of benzene rings is 1. The summed E-state index contributed by atoms with van der Waals surface area (Å²) in [5.74, 6) is 2.11. The fraction of sp³-hybridized carbons (Fsp3) is 0.682. The van der Waals surface area contributed by atoms with E-state index in [1.165, 1.54) is 49.9 Å². The number of piperidine rings is 1. The first-order valence-electron chi connectivity index (χ1n) is 10.4. The van der Waals surface area contributed by atoms with Gasteiger partial charge in [0.1, 0.15) is 0 Å². The molecule has 4 rings (SSSR count). The number of nitrogens with zero attached hydrogens (tertiary/aromatic N) is 1. The first kappa shape index (κ1) is 18.0. The van der Waals surface area contributed by atoms with Gasteiger partial charge >= 0.3 is 0 Å². The Kier molecular flexibility index (Phi) is 5.32. The molecule has 0 spiro atoms. The normalized spacial score (nSPS) is 34.2. The van der Waals surface area contributed by atoms with Crippen molar-refractivity contribution in [2.45, 2.75) is 58.2 Å². The van der Waals surface area contributed by atoms with Crippen LogP contribution in [0.3, 0.4) is 0 Å². The van der Waals surface area contributed by atoms with Crippen LogP contribution in [-0.4, -0.2) is 29.9 Å². The second kappa shape index (κ2) is 7.69. The zero-order valence-electron chi connectivity index (χ0n) is 16.0. The van der Waals surface area contributed by atoms with Gasteiger partial charge in [-0.2, -0.15) is 0 Å². The molecule has 0 aromatic heterocycles. The summed E-state index contributed by atoms with van der Waals surface area (Å²) in [6.45, 7) is 6.42. The van der Waals surface area contributed by atoms with Gasteiger partial charge in [0.25, 0.3) is 0 Å². The number of nitrogens with two attached hydrogens (primary N) is 1. The summed E-state index contributed by atoms with van der Waals surface area (Å²) in [4.78, 5) is 15.1. The topological polar surface area (TPSA) is 58.4 Å². The van der Waals surface area contributed by atoms with Crippen LogP contribution in [-0.2, 0) is 17.9 Å². The van der Waals surface area contributed by atoms with Crippen molar-refractivity contribution in [3.05, 3.63) is 35.4 Å². The monoisotopic (exact) mass is 355 g/mol. The zero-order chi connectivity index (χ0) is 18.1. The summed E-state index contributed by atoms with van der Waals surface area (Å²) in [6, 6.07) is 8.81. The highest BCUT2D eigenvalue weighted by atomic mass is 16.1. The van der Waals surface area contributed by atoms with Crippen LogP contribution in [0.1, 0.15) is 50.2 Å². The molecule has 3 N–H and O–H groups in total. The molecule has 1 heterocycles. The van der Waals surface area contributed by atoms with E-state index in [-0.39, 0.29) is 17.9 Å². The van der Waals surface area contributed by atoms with Gasteiger partial charge < -0.3 is 11.1 Å². The van der Waals surface area contributed by atoms with Gasteiger partial charge in [0.15, 0.2) is 0 Å². The molecule has 5 atom stereocenters. The Labute approximate surface area is 157 Å². The summed E-state index contributed by atoms with van der Waals surface area (Å²) in [5, 5.41) is 3.13. The molecule has 0 radical (unpaired) electrons. The number of carbonyl (C=O) groups is 1. The Bertz CT molecular complexity index is 627. The predicted octanol–water partition coefficient (Wildman–Crippen LogP) is 2.91. The summed E-state index contributed by atoms with van der Waals surface area (Å²) >= 11 is 0. The molecule has 2 saturated carbocycles. The van der Waals surface area contributed by atoms with Gasteiger partial charge in [-0.15, -0.1) is 0 Å². The molecule has 3 aliphatic rings. The van der Waals surface area contributed by atoms with Crippen molar-refractivity contribution < 1.29 is 4.79 Å². The van der Waals surface area contributed by atoms with E-state index in [1.807, 2.05) is 0 Å². The maximum absolute atomic E-state index is 12.6. The third kappa shape index (κ3) is 3.81. The smallest absolute Gasteiger partial charge is 0.225 e. The Hall–Kier alpha value is -1.39. The Morgan fingerprint density at radius 3 is 2.58 bits per heavy atom. The standard InChI is InChI=1S/C22H33N3O/c1-15-3-2-10-25(13-15)14-17-6-4-16(5-7-17)12-24-22(26)20-18-8-9-19(11-18)21(20)23/h4-7,15,18-21H,2-3,8-14,23H2,1H3,(H,24,26). The predicted molar refractivity (Wildman–Crippen MR) is 104 cm³/mol. The number of hydrogen-bond donors (Lipinski definition) is 2. The van der Waals surface area contributed by atoms with Crippen LogP contribution in [0.4, 0.5) is 0 Å². The van der Waals surface area contributed by atoms with Crippen molar-refractivity contribution in [3.8, 4) is 0 Å². The molecule has 1 aromatic rings. The van der Waals surface area contributed by atoms with E-state index in [4.69, 9.17) is 5.73 Å². The van der Waals surface area contributed by atoms with Crippen molar-refractivity contribution >= 4 is 5.91 Å². The van der Waals surface area contributed by atoms with E-state index >= 15 is 0 Å². The van der Waals surface area contributed by atoms with E-state index in [2.05, 4.69) is 41.4 Å². The molecule has 5 unspecified atom stereocenters. The number of likely N-dealkylation sites (tertiary alicyclic amines) is 1. The van der Waals surface area contributed by atoms with Crippen LogP contribution in [0.5, 0.6) is 0 Å². The lowest BCUT2D eigenvalue weighted by Gasteiger charge is -2.30. The lowest BCUT2D eigenvalue weighted by atomic mass is 9.84. The minimum atomic E-state index is 0.0362. The van der Waals surface area contributed by atoms with E-state index in [0.717, 1.165) is 18.9 Å². The van der Waals surface area contributed by atoms with Crippen molar-refractivity contribution in [3.63, 3.8) is 0 Å². The van der Waals surface area contributed by atoms with E-state index in [9.17, 15) is 4.79 Å². The van der Waals surface area contributed by atoms with Gasteiger partial charge in [-0.1, -0.05) is 31.2 Å². The van der Waals surface area contributed by atoms with Crippen molar-refractivity contribution in [2.75, 3.05) is 13.1 Å². The van der Waals surface area contributed by atoms with Gasteiger partial charge in [0, 0.05) is 25.7 Å². The maximum Gasteiger partial charge on any atom is 0.225 e. The highest BCUT2D eigenvalue weighted by Gasteiger charge is 2.48. The summed E-state index contributed by atoms with van der Waals surface area (Å²) < 4.78 is 0. The van der Waals surface area contributed by atoms with Crippen molar-refractivity contribution in [2.24, 2.45) is 29.4 Å². The molecule has 4 heteroatoms. The second-order valence-electron chi connectivity index (χ2n) is 8.95. The molecular weight excluding hydrogens is 322 g/mol. The quantitative estimate of drug-likeness (QED) is 0.854. The van der Waals surface area contributed by atoms with E-state index in [1.54, 1.807) is 0 Å². The third-order valence-corrected chi connectivity index (χ3v) is 6.92. The van der Waals surface area contributed by atoms with Crippen LogP contribution in [0, 0.1) is 23.7 Å². The van der Waals surface area contributed by atoms with Gasteiger partial charge in [0.2, 0.25) is 5.91 Å². The van der Waals surface area contributed by atoms with Gasteiger partial charge in [-0.25, -0.2) is 0 Å². The highest BCUT2D eigenvalue weighted by molar-refractivity contribution is 5.80. The third-order valence-electron chi connectivity index (χ3n) is 6.92. The molecule has 142 valence electrons. The number of amides is 1. The molecule has 2 bridgehead atoms. The van der Waals surface area contributed by atoms with Crippen molar-refractivity contribution in [1.29, 1.82) is 0 Å². The Morgan fingerprint density at radius 1 is 1.15 bits per heavy atom. The summed E-state index contributed by atoms with van der Waals surface area (Å²) in [5.41, 5.74) is 8.82. The van der Waals surface area contributed by atoms with Gasteiger partial charge in [-0.3, -0.25) is 9.69 Å².